The van der Waals surface area contributed by atoms with Crippen molar-refractivity contribution in [1.82, 2.24) is 14.9 Å². The summed E-state index contributed by atoms with van der Waals surface area (Å²) in [4.78, 5) is 23.0. The Balaban J connectivity index is 1.75. The van der Waals surface area contributed by atoms with Crippen molar-refractivity contribution in [3.63, 3.8) is 0 Å². The SMILES string of the molecule is CS[C@@H]1CCC[C@H]1N(C)C(=O)c1ccc(-c2cnccn2)cc1. The van der Waals surface area contributed by atoms with Crippen LogP contribution in [0.5, 0.6) is 0 Å². The van der Waals surface area contributed by atoms with E-state index >= 15 is 0 Å². The van der Waals surface area contributed by atoms with Gasteiger partial charge in [-0.2, -0.15) is 11.8 Å². The molecule has 0 unspecified atom stereocenters. The molecule has 120 valence electrons. The Kier molecular flexibility index (Phi) is 4.96. The first kappa shape index (κ1) is 16.0. The van der Waals surface area contributed by atoms with Crippen molar-refractivity contribution in [2.75, 3.05) is 13.3 Å². The number of hydrogen-bond donors (Lipinski definition) is 0. The lowest BCUT2D eigenvalue weighted by Gasteiger charge is -2.29. The molecular weight excluding hydrogens is 306 g/mol. The van der Waals surface area contributed by atoms with E-state index in [-0.39, 0.29) is 5.91 Å². The van der Waals surface area contributed by atoms with Crippen molar-refractivity contribution in [3.8, 4) is 11.3 Å². The molecule has 1 heterocycles. The van der Waals surface area contributed by atoms with Crippen LogP contribution in [0.1, 0.15) is 29.6 Å². The molecule has 1 aromatic heterocycles. The zero-order chi connectivity index (χ0) is 16.2. The highest BCUT2D eigenvalue weighted by Crippen LogP contribution is 2.32. The van der Waals surface area contributed by atoms with Gasteiger partial charge < -0.3 is 4.90 Å². The summed E-state index contributed by atoms with van der Waals surface area (Å²) in [5, 5.41) is 0.558. The quantitative estimate of drug-likeness (QED) is 0.862. The average Bonchev–Trinajstić information content (AvgIpc) is 3.10. The zero-order valence-electron chi connectivity index (χ0n) is 13.5. The van der Waals surface area contributed by atoms with Crippen molar-refractivity contribution < 1.29 is 4.79 Å². The Morgan fingerprint density at radius 3 is 2.65 bits per heavy atom. The molecule has 1 aliphatic rings. The molecule has 2 atom stereocenters. The highest BCUT2D eigenvalue weighted by Gasteiger charge is 2.32. The van der Waals surface area contributed by atoms with E-state index in [2.05, 4.69) is 16.2 Å². The average molecular weight is 327 g/mol. The fourth-order valence-electron chi connectivity index (χ4n) is 3.21. The van der Waals surface area contributed by atoms with Gasteiger partial charge in [-0.15, -0.1) is 0 Å². The molecule has 5 heteroatoms. The molecule has 0 radical (unpaired) electrons. The first-order valence-corrected chi connectivity index (χ1v) is 9.16. The number of hydrogen-bond acceptors (Lipinski definition) is 4. The van der Waals surface area contributed by atoms with E-state index in [1.807, 2.05) is 48.0 Å². The largest absolute Gasteiger partial charge is 0.338 e. The predicted molar refractivity (Wildman–Crippen MR) is 94.5 cm³/mol. The Hall–Kier alpha value is -1.88. The second kappa shape index (κ2) is 7.13. The normalized spacial score (nSPS) is 20.4. The molecule has 1 fully saturated rings. The number of amides is 1. The number of benzene rings is 1. The molecule has 0 saturated heterocycles. The van der Waals surface area contributed by atoms with Crippen LogP contribution in [0, 0.1) is 0 Å². The van der Waals surface area contributed by atoms with Crippen LogP contribution in [0.15, 0.2) is 42.9 Å². The molecule has 1 aliphatic carbocycles. The van der Waals surface area contributed by atoms with Gasteiger partial charge in [0.05, 0.1) is 11.9 Å². The molecular formula is C18H21N3OS. The summed E-state index contributed by atoms with van der Waals surface area (Å²) in [7, 11) is 1.93. The summed E-state index contributed by atoms with van der Waals surface area (Å²) < 4.78 is 0. The summed E-state index contributed by atoms with van der Waals surface area (Å²) in [6.45, 7) is 0. The molecule has 1 amide bonds. The van der Waals surface area contributed by atoms with E-state index in [4.69, 9.17) is 0 Å². The topological polar surface area (TPSA) is 46.1 Å². The third-order valence-electron chi connectivity index (χ3n) is 4.53. The maximum atomic E-state index is 12.7. The molecule has 0 aliphatic heterocycles. The first-order chi connectivity index (χ1) is 11.2. The van der Waals surface area contributed by atoms with Crippen LogP contribution in [0.3, 0.4) is 0 Å². The first-order valence-electron chi connectivity index (χ1n) is 7.87. The van der Waals surface area contributed by atoms with Gasteiger partial charge in [-0.05, 0) is 31.2 Å². The van der Waals surface area contributed by atoms with Crippen LogP contribution in [0.4, 0.5) is 0 Å². The van der Waals surface area contributed by atoms with Gasteiger partial charge in [-0.1, -0.05) is 18.6 Å². The fourth-order valence-corrected chi connectivity index (χ4v) is 4.25. The van der Waals surface area contributed by atoms with E-state index in [1.54, 1.807) is 18.6 Å². The molecule has 2 aromatic rings. The van der Waals surface area contributed by atoms with Crippen LogP contribution in [0.2, 0.25) is 0 Å². The highest BCUT2D eigenvalue weighted by molar-refractivity contribution is 7.99. The molecule has 23 heavy (non-hydrogen) atoms. The van der Waals surface area contributed by atoms with Gasteiger partial charge in [0.2, 0.25) is 0 Å². The van der Waals surface area contributed by atoms with Gasteiger partial charge in [0.1, 0.15) is 0 Å². The number of aromatic nitrogens is 2. The van der Waals surface area contributed by atoms with Crippen LogP contribution in [0.25, 0.3) is 11.3 Å². The second-order valence-electron chi connectivity index (χ2n) is 5.86. The van der Waals surface area contributed by atoms with E-state index < -0.39 is 0 Å². The van der Waals surface area contributed by atoms with Gasteiger partial charge in [-0.25, -0.2) is 0 Å². The molecule has 1 saturated carbocycles. The Morgan fingerprint density at radius 2 is 2.00 bits per heavy atom. The van der Waals surface area contributed by atoms with E-state index in [1.165, 1.54) is 12.8 Å². The minimum absolute atomic E-state index is 0.0987. The second-order valence-corrected chi connectivity index (χ2v) is 6.93. The highest BCUT2D eigenvalue weighted by atomic mass is 32.2. The number of rotatable bonds is 4. The lowest BCUT2D eigenvalue weighted by atomic mass is 10.1. The number of carbonyl (C=O) groups excluding carboxylic acids is 1. The number of thioether (sulfide) groups is 1. The molecule has 0 N–H and O–H groups in total. The summed E-state index contributed by atoms with van der Waals surface area (Å²) in [6, 6.07) is 7.98. The van der Waals surface area contributed by atoms with Crippen LogP contribution in [-0.2, 0) is 0 Å². The van der Waals surface area contributed by atoms with Gasteiger partial charge in [0.15, 0.2) is 0 Å². The van der Waals surface area contributed by atoms with Crippen molar-refractivity contribution in [2.24, 2.45) is 0 Å². The van der Waals surface area contributed by atoms with Crippen LogP contribution < -0.4 is 0 Å². The monoisotopic (exact) mass is 327 g/mol. The minimum Gasteiger partial charge on any atom is -0.338 e. The van der Waals surface area contributed by atoms with Gasteiger partial charge in [0.25, 0.3) is 5.91 Å². The summed E-state index contributed by atoms with van der Waals surface area (Å²) in [5.41, 5.74) is 2.52. The zero-order valence-corrected chi connectivity index (χ0v) is 14.3. The third kappa shape index (κ3) is 3.39. The Bertz CT molecular complexity index is 660. The standard InChI is InChI=1S/C18H21N3OS/c1-21(16-4-3-5-17(16)23-2)18(22)14-8-6-13(7-9-14)15-12-19-10-11-20-15/h6-12,16-17H,3-5H2,1-2H3/t16-,17-/m1/s1. The predicted octanol–water partition coefficient (Wildman–Crippen LogP) is 3.50. The molecule has 4 nitrogen and oxygen atoms in total. The van der Waals surface area contributed by atoms with Crippen molar-refractivity contribution >= 4 is 17.7 Å². The van der Waals surface area contributed by atoms with Crippen molar-refractivity contribution in [3.05, 3.63) is 48.4 Å². The van der Waals surface area contributed by atoms with Gasteiger partial charge >= 0.3 is 0 Å². The third-order valence-corrected chi connectivity index (χ3v) is 5.68. The fraction of sp³-hybridized carbons (Fsp3) is 0.389. The Labute approximate surface area is 141 Å². The smallest absolute Gasteiger partial charge is 0.253 e. The van der Waals surface area contributed by atoms with E-state index in [0.717, 1.165) is 23.2 Å². The number of carbonyl (C=O) groups is 1. The van der Waals surface area contributed by atoms with E-state index in [0.29, 0.717) is 11.3 Å². The van der Waals surface area contributed by atoms with Crippen LogP contribution >= 0.6 is 11.8 Å². The summed E-state index contributed by atoms with van der Waals surface area (Å²) >= 11 is 1.87. The van der Waals surface area contributed by atoms with Crippen molar-refractivity contribution in [2.45, 2.75) is 30.6 Å². The lowest BCUT2D eigenvalue weighted by Crippen LogP contribution is -2.40. The molecule has 0 spiro atoms. The summed E-state index contributed by atoms with van der Waals surface area (Å²) in [5.74, 6) is 0.0987. The molecule has 3 rings (SSSR count). The van der Waals surface area contributed by atoms with Gasteiger partial charge in [0, 0.05) is 41.9 Å². The molecule has 0 bridgehead atoms. The number of nitrogens with zero attached hydrogens (tertiary/aromatic N) is 3. The van der Waals surface area contributed by atoms with E-state index in [9.17, 15) is 4.79 Å². The van der Waals surface area contributed by atoms with Gasteiger partial charge in [-0.3, -0.25) is 14.8 Å². The summed E-state index contributed by atoms with van der Waals surface area (Å²) in [6.07, 6.45) is 10.7. The Morgan fingerprint density at radius 1 is 1.22 bits per heavy atom. The minimum atomic E-state index is 0.0987. The van der Waals surface area contributed by atoms with Crippen molar-refractivity contribution in [1.29, 1.82) is 0 Å². The maximum absolute atomic E-state index is 12.7. The molecule has 1 aromatic carbocycles. The maximum Gasteiger partial charge on any atom is 0.253 e. The van der Waals surface area contributed by atoms with Crippen LogP contribution in [-0.4, -0.2) is 45.4 Å². The lowest BCUT2D eigenvalue weighted by molar-refractivity contribution is 0.0738.